The molecule has 0 fully saturated rings. The number of hydrogen-bond donors (Lipinski definition) is 2. The lowest BCUT2D eigenvalue weighted by atomic mass is 10.0. The van der Waals surface area contributed by atoms with Crippen LogP contribution in [-0.2, 0) is 7.05 Å². The minimum absolute atomic E-state index is 0.116. The molecule has 82 valence electrons. The van der Waals surface area contributed by atoms with Crippen molar-refractivity contribution in [2.24, 2.45) is 7.05 Å². The summed E-state index contributed by atoms with van der Waals surface area (Å²) in [5.41, 5.74) is 2.44. The number of aliphatic hydroxyl groups is 1. The molecule has 2 N–H and O–H groups in total. The van der Waals surface area contributed by atoms with Gasteiger partial charge in [-0.15, -0.1) is 0 Å². The Morgan fingerprint density at radius 3 is 3.12 bits per heavy atom. The topological polar surface area (TPSA) is 54.3 Å². The van der Waals surface area contributed by atoms with Crippen LogP contribution in [0.25, 0.3) is 10.9 Å². The second kappa shape index (κ2) is 3.09. The van der Waals surface area contributed by atoms with Gasteiger partial charge in [0.1, 0.15) is 0 Å². The van der Waals surface area contributed by atoms with Crippen LogP contribution in [0.15, 0.2) is 24.4 Å². The highest BCUT2D eigenvalue weighted by Gasteiger charge is 2.24. The number of aliphatic hydroxyl groups excluding tert-OH is 1. The summed E-state index contributed by atoms with van der Waals surface area (Å²) in [6.07, 6.45) is 1.26. The van der Waals surface area contributed by atoms with Gasteiger partial charge in [-0.2, -0.15) is 0 Å². The summed E-state index contributed by atoms with van der Waals surface area (Å²) in [6.45, 7) is 0.270. The van der Waals surface area contributed by atoms with E-state index in [2.05, 4.69) is 5.32 Å². The first-order valence-electron chi connectivity index (χ1n) is 5.22. The molecule has 2 heterocycles. The van der Waals surface area contributed by atoms with Crippen molar-refractivity contribution in [3.8, 4) is 0 Å². The third-order valence-corrected chi connectivity index (χ3v) is 3.10. The molecular weight excluding hydrogens is 204 g/mol. The third kappa shape index (κ3) is 1.10. The van der Waals surface area contributed by atoms with Crippen molar-refractivity contribution in [1.82, 2.24) is 9.88 Å². The fourth-order valence-corrected chi connectivity index (χ4v) is 2.32. The molecule has 1 atom stereocenters. The molecule has 4 heteroatoms. The van der Waals surface area contributed by atoms with Crippen LogP contribution >= 0.6 is 0 Å². The van der Waals surface area contributed by atoms with Crippen molar-refractivity contribution in [2.45, 2.75) is 6.10 Å². The Hall–Kier alpha value is -1.81. The van der Waals surface area contributed by atoms with Crippen LogP contribution in [0.3, 0.4) is 0 Å². The fraction of sp³-hybridized carbons (Fsp3) is 0.250. The van der Waals surface area contributed by atoms with Gasteiger partial charge in [-0.1, -0.05) is 6.07 Å². The van der Waals surface area contributed by atoms with Crippen molar-refractivity contribution in [2.75, 3.05) is 6.54 Å². The molecule has 1 aliphatic rings. The van der Waals surface area contributed by atoms with E-state index in [-0.39, 0.29) is 12.5 Å². The number of aryl methyl sites for hydroxylation is 1. The number of nitrogens with one attached hydrogen (secondary N) is 1. The summed E-state index contributed by atoms with van der Waals surface area (Å²) < 4.78 is 1.94. The maximum atomic E-state index is 11.8. The summed E-state index contributed by atoms with van der Waals surface area (Å²) in [7, 11) is 1.92. The molecule has 0 radical (unpaired) electrons. The average molecular weight is 216 g/mol. The predicted molar refractivity (Wildman–Crippen MR) is 60.2 cm³/mol. The Bertz CT molecular complexity index is 586. The van der Waals surface area contributed by atoms with Gasteiger partial charge in [0.15, 0.2) is 0 Å². The Labute approximate surface area is 92.5 Å². The maximum Gasteiger partial charge on any atom is 0.252 e. The second-order valence-corrected chi connectivity index (χ2v) is 4.12. The number of hydrogen-bond acceptors (Lipinski definition) is 2. The summed E-state index contributed by atoms with van der Waals surface area (Å²) in [4.78, 5) is 11.8. The Balaban J connectivity index is 2.46. The molecule has 1 unspecified atom stereocenters. The minimum atomic E-state index is -0.628. The second-order valence-electron chi connectivity index (χ2n) is 4.12. The fourth-order valence-electron chi connectivity index (χ4n) is 2.32. The van der Waals surface area contributed by atoms with Gasteiger partial charge in [0.05, 0.1) is 6.10 Å². The van der Waals surface area contributed by atoms with Gasteiger partial charge >= 0.3 is 0 Å². The summed E-state index contributed by atoms with van der Waals surface area (Å²) in [5.74, 6) is -0.116. The Morgan fingerprint density at radius 1 is 1.50 bits per heavy atom. The quantitative estimate of drug-likeness (QED) is 0.689. The van der Waals surface area contributed by atoms with Crippen LogP contribution < -0.4 is 5.32 Å². The monoisotopic (exact) mass is 216 g/mol. The SMILES string of the molecule is Cn1cc2c3c(cccc31)C(=O)NCC2O. The molecule has 0 saturated carbocycles. The number of carbonyl (C=O) groups excluding carboxylic acids is 1. The number of nitrogens with zero attached hydrogens (tertiary/aromatic N) is 1. The zero-order valence-electron chi connectivity index (χ0n) is 8.90. The smallest absolute Gasteiger partial charge is 0.252 e. The van der Waals surface area contributed by atoms with Crippen LogP contribution in [0.4, 0.5) is 0 Å². The summed E-state index contributed by atoms with van der Waals surface area (Å²) in [5, 5.41) is 13.5. The van der Waals surface area contributed by atoms with Crippen LogP contribution in [0.1, 0.15) is 22.0 Å². The van der Waals surface area contributed by atoms with Crippen molar-refractivity contribution in [3.63, 3.8) is 0 Å². The highest BCUT2D eigenvalue weighted by Crippen LogP contribution is 2.30. The first-order valence-corrected chi connectivity index (χ1v) is 5.22. The lowest BCUT2D eigenvalue weighted by Crippen LogP contribution is -2.25. The van der Waals surface area contributed by atoms with Gasteiger partial charge in [0, 0.05) is 41.8 Å². The minimum Gasteiger partial charge on any atom is -0.386 e. The molecule has 0 saturated heterocycles. The Morgan fingerprint density at radius 2 is 2.31 bits per heavy atom. The molecule has 1 amide bonds. The van der Waals surface area contributed by atoms with Gasteiger partial charge in [-0.3, -0.25) is 4.79 Å². The van der Waals surface area contributed by atoms with E-state index < -0.39 is 6.10 Å². The number of β-amino-alcohol motifs (C(OH)–C–C–N with tert-alkyl or cyclic N) is 1. The number of carbonyl (C=O) groups is 1. The van der Waals surface area contributed by atoms with E-state index >= 15 is 0 Å². The van der Waals surface area contributed by atoms with E-state index in [1.165, 1.54) is 0 Å². The maximum absolute atomic E-state index is 11.8. The zero-order valence-corrected chi connectivity index (χ0v) is 8.90. The van der Waals surface area contributed by atoms with Crippen LogP contribution in [-0.4, -0.2) is 22.1 Å². The zero-order chi connectivity index (χ0) is 11.3. The standard InChI is InChI=1S/C12H12N2O2/c1-14-6-8-10(15)5-13-12(16)7-3-2-4-9(14)11(7)8/h2-4,6,10,15H,5H2,1H3,(H,13,16). The average Bonchev–Trinajstić information content (AvgIpc) is 2.58. The van der Waals surface area contributed by atoms with Crippen LogP contribution in [0.2, 0.25) is 0 Å². The van der Waals surface area contributed by atoms with E-state index in [9.17, 15) is 9.90 Å². The van der Waals surface area contributed by atoms with Crippen molar-refractivity contribution < 1.29 is 9.90 Å². The van der Waals surface area contributed by atoms with Crippen LogP contribution in [0.5, 0.6) is 0 Å². The molecule has 0 spiro atoms. The van der Waals surface area contributed by atoms with Gasteiger partial charge in [-0.25, -0.2) is 0 Å². The first kappa shape index (κ1) is 9.42. The largest absolute Gasteiger partial charge is 0.386 e. The molecule has 1 aliphatic heterocycles. The van der Waals surface area contributed by atoms with Gasteiger partial charge < -0.3 is 15.0 Å². The van der Waals surface area contributed by atoms with Crippen LogP contribution in [0, 0.1) is 0 Å². The van der Waals surface area contributed by atoms with Gasteiger partial charge in [-0.05, 0) is 12.1 Å². The predicted octanol–water partition coefficient (Wildman–Crippen LogP) is 0.955. The lowest BCUT2D eigenvalue weighted by molar-refractivity contribution is 0.0925. The van der Waals surface area contributed by atoms with Gasteiger partial charge in [0.25, 0.3) is 5.91 Å². The molecule has 0 bridgehead atoms. The lowest BCUT2D eigenvalue weighted by Gasteiger charge is -2.06. The van der Waals surface area contributed by atoms with Crippen molar-refractivity contribution in [3.05, 3.63) is 35.5 Å². The highest BCUT2D eigenvalue weighted by atomic mass is 16.3. The molecule has 0 aliphatic carbocycles. The highest BCUT2D eigenvalue weighted by molar-refractivity contribution is 6.08. The van der Waals surface area contributed by atoms with Crippen molar-refractivity contribution >= 4 is 16.8 Å². The van der Waals surface area contributed by atoms with E-state index in [1.54, 1.807) is 6.07 Å². The number of benzene rings is 1. The van der Waals surface area contributed by atoms with Gasteiger partial charge in [0.2, 0.25) is 0 Å². The molecule has 3 rings (SSSR count). The molecule has 1 aromatic heterocycles. The van der Waals surface area contributed by atoms with E-state index in [0.717, 1.165) is 16.5 Å². The molecule has 4 nitrogen and oxygen atoms in total. The number of amides is 1. The first-order chi connectivity index (χ1) is 7.68. The molecule has 16 heavy (non-hydrogen) atoms. The molecular formula is C12H12N2O2. The summed E-state index contributed by atoms with van der Waals surface area (Å²) in [6, 6.07) is 5.60. The number of rotatable bonds is 0. The summed E-state index contributed by atoms with van der Waals surface area (Å²) >= 11 is 0. The number of aromatic nitrogens is 1. The molecule has 2 aromatic rings. The van der Waals surface area contributed by atoms with E-state index in [4.69, 9.17) is 0 Å². The van der Waals surface area contributed by atoms with Crippen molar-refractivity contribution in [1.29, 1.82) is 0 Å². The Kier molecular flexibility index (Phi) is 1.82. The molecule has 1 aromatic carbocycles. The van der Waals surface area contributed by atoms with E-state index in [0.29, 0.717) is 5.56 Å². The van der Waals surface area contributed by atoms with E-state index in [1.807, 2.05) is 29.9 Å². The third-order valence-electron chi connectivity index (χ3n) is 3.10. The normalized spacial score (nSPS) is 19.6.